The van der Waals surface area contributed by atoms with Crippen LogP contribution in [0.5, 0.6) is 0 Å². The number of hydrogen-bond acceptors (Lipinski definition) is 3. The molecular formula is C14H11N3O2. The molecule has 0 saturated heterocycles. The van der Waals surface area contributed by atoms with Crippen molar-refractivity contribution in [3.05, 3.63) is 65.7 Å². The summed E-state index contributed by atoms with van der Waals surface area (Å²) in [5, 5.41) is 13.3. The predicted octanol–water partition coefficient (Wildman–Crippen LogP) is 2.02. The summed E-state index contributed by atoms with van der Waals surface area (Å²) < 4.78 is 1.58. The van der Waals surface area contributed by atoms with Crippen molar-refractivity contribution in [3.8, 4) is 0 Å². The molecule has 0 radical (unpaired) electrons. The van der Waals surface area contributed by atoms with Gasteiger partial charge in [-0.1, -0.05) is 30.3 Å². The van der Waals surface area contributed by atoms with Gasteiger partial charge in [0.2, 0.25) is 0 Å². The summed E-state index contributed by atoms with van der Waals surface area (Å²) in [7, 11) is 0. The monoisotopic (exact) mass is 253 g/mol. The number of rotatable bonds is 3. The van der Waals surface area contributed by atoms with E-state index in [2.05, 4.69) is 10.1 Å². The van der Waals surface area contributed by atoms with Crippen LogP contribution in [0, 0.1) is 0 Å². The van der Waals surface area contributed by atoms with Gasteiger partial charge >= 0.3 is 5.97 Å². The van der Waals surface area contributed by atoms with Crippen molar-refractivity contribution in [2.45, 2.75) is 6.42 Å². The van der Waals surface area contributed by atoms with Crippen LogP contribution in [0.2, 0.25) is 0 Å². The topological polar surface area (TPSA) is 67.5 Å². The number of benzene rings is 1. The van der Waals surface area contributed by atoms with Crippen LogP contribution in [0.3, 0.4) is 0 Å². The maximum absolute atomic E-state index is 11.2. The summed E-state index contributed by atoms with van der Waals surface area (Å²) in [4.78, 5) is 15.4. The minimum absolute atomic E-state index is 0.0408. The molecule has 5 heteroatoms. The van der Waals surface area contributed by atoms with Gasteiger partial charge in [-0.3, -0.25) is 0 Å². The molecule has 3 rings (SSSR count). The van der Waals surface area contributed by atoms with E-state index in [-0.39, 0.29) is 5.69 Å². The number of carboxylic acid groups (broad SMARTS) is 1. The summed E-state index contributed by atoms with van der Waals surface area (Å²) in [6.45, 7) is 0. The van der Waals surface area contributed by atoms with E-state index in [1.807, 2.05) is 30.3 Å². The van der Waals surface area contributed by atoms with Gasteiger partial charge < -0.3 is 5.11 Å². The number of fused-ring (bicyclic) bond motifs is 1. The third-order valence-corrected chi connectivity index (χ3v) is 2.89. The Morgan fingerprint density at radius 3 is 2.68 bits per heavy atom. The maximum atomic E-state index is 11.2. The second-order valence-corrected chi connectivity index (χ2v) is 4.16. The van der Waals surface area contributed by atoms with E-state index < -0.39 is 5.97 Å². The van der Waals surface area contributed by atoms with Gasteiger partial charge in [-0.2, -0.15) is 5.10 Å². The average Bonchev–Trinajstić information content (AvgIpc) is 2.79. The Balaban J connectivity index is 2.11. The number of imidazole rings is 1. The van der Waals surface area contributed by atoms with Crippen molar-refractivity contribution in [3.63, 3.8) is 0 Å². The van der Waals surface area contributed by atoms with Crippen LogP contribution in [0.15, 0.2) is 48.7 Å². The maximum Gasteiger partial charge on any atom is 0.356 e. The van der Waals surface area contributed by atoms with Gasteiger partial charge in [0.1, 0.15) is 5.82 Å². The minimum Gasteiger partial charge on any atom is -0.476 e. The molecule has 0 saturated carbocycles. The first kappa shape index (κ1) is 11.4. The number of carboxylic acids is 1. The van der Waals surface area contributed by atoms with Gasteiger partial charge in [-0.15, -0.1) is 0 Å². The van der Waals surface area contributed by atoms with Crippen molar-refractivity contribution in [2.75, 3.05) is 0 Å². The molecule has 3 aromatic rings. The molecule has 0 fully saturated rings. The van der Waals surface area contributed by atoms with Gasteiger partial charge in [-0.05, 0) is 17.7 Å². The first-order chi connectivity index (χ1) is 9.25. The second kappa shape index (κ2) is 4.53. The van der Waals surface area contributed by atoms with Gasteiger partial charge in [0, 0.05) is 12.6 Å². The quantitative estimate of drug-likeness (QED) is 0.775. The third-order valence-electron chi connectivity index (χ3n) is 2.89. The van der Waals surface area contributed by atoms with Gasteiger partial charge in [0.25, 0.3) is 0 Å². The van der Waals surface area contributed by atoms with E-state index in [9.17, 15) is 4.79 Å². The lowest BCUT2D eigenvalue weighted by Gasteiger charge is -1.99. The highest BCUT2D eigenvalue weighted by Crippen LogP contribution is 2.14. The molecule has 0 aliphatic heterocycles. The van der Waals surface area contributed by atoms with E-state index in [0.717, 1.165) is 5.56 Å². The number of hydrogen-bond donors (Lipinski definition) is 1. The molecule has 94 valence electrons. The Bertz CT molecular complexity index is 735. The molecule has 1 aromatic carbocycles. The van der Waals surface area contributed by atoms with E-state index in [0.29, 0.717) is 17.8 Å². The Labute approximate surface area is 109 Å². The van der Waals surface area contributed by atoms with Crippen molar-refractivity contribution >= 4 is 11.5 Å². The fourth-order valence-electron chi connectivity index (χ4n) is 2.04. The Morgan fingerprint density at radius 2 is 1.95 bits per heavy atom. The van der Waals surface area contributed by atoms with Gasteiger partial charge in [-0.25, -0.2) is 14.3 Å². The van der Waals surface area contributed by atoms with Crippen LogP contribution in [0.1, 0.15) is 21.9 Å². The van der Waals surface area contributed by atoms with Gasteiger partial charge in [0.15, 0.2) is 5.69 Å². The zero-order chi connectivity index (χ0) is 13.2. The zero-order valence-electron chi connectivity index (χ0n) is 10.0. The summed E-state index contributed by atoms with van der Waals surface area (Å²) in [6.07, 6.45) is 2.17. The van der Waals surface area contributed by atoms with E-state index >= 15 is 0 Å². The summed E-state index contributed by atoms with van der Waals surface area (Å²) >= 11 is 0. The molecule has 5 nitrogen and oxygen atoms in total. The largest absolute Gasteiger partial charge is 0.476 e. The normalized spacial score (nSPS) is 10.7. The standard InChI is InChI=1S/C14H11N3O2/c18-14(19)13-11-7-4-8-15-17(11)12(16-13)9-10-5-2-1-3-6-10/h1-8H,9H2,(H,18,19). The molecule has 2 heterocycles. The molecular weight excluding hydrogens is 242 g/mol. The van der Waals surface area contributed by atoms with Crippen molar-refractivity contribution < 1.29 is 9.90 Å². The number of carbonyl (C=O) groups is 1. The van der Waals surface area contributed by atoms with Crippen LogP contribution < -0.4 is 0 Å². The fraction of sp³-hybridized carbons (Fsp3) is 0.0714. The third kappa shape index (κ3) is 2.06. The van der Waals surface area contributed by atoms with Crippen LogP contribution in [0.25, 0.3) is 5.52 Å². The first-order valence-corrected chi connectivity index (χ1v) is 5.85. The second-order valence-electron chi connectivity index (χ2n) is 4.16. The van der Waals surface area contributed by atoms with E-state index in [4.69, 9.17) is 5.11 Å². The number of aromatic carboxylic acids is 1. The van der Waals surface area contributed by atoms with Crippen LogP contribution >= 0.6 is 0 Å². The molecule has 0 atom stereocenters. The molecule has 2 aromatic heterocycles. The first-order valence-electron chi connectivity index (χ1n) is 5.85. The lowest BCUT2D eigenvalue weighted by molar-refractivity contribution is 0.0693. The molecule has 1 N–H and O–H groups in total. The molecule has 0 amide bonds. The highest BCUT2D eigenvalue weighted by molar-refractivity contribution is 5.93. The van der Waals surface area contributed by atoms with Crippen LogP contribution in [-0.4, -0.2) is 25.7 Å². The molecule has 0 aliphatic carbocycles. The molecule has 0 bridgehead atoms. The lowest BCUT2D eigenvalue weighted by Crippen LogP contribution is -1.98. The smallest absolute Gasteiger partial charge is 0.356 e. The Kier molecular flexibility index (Phi) is 2.72. The molecule has 19 heavy (non-hydrogen) atoms. The highest BCUT2D eigenvalue weighted by atomic mass is 16.4. The minimum atomic E-state index is -1.04. The molecule has 0 aliphatic rings. The summed E-state index contributed by atoms with van der Waals surface area (Å²) in [5.74, 6) is -0.413. The van der Waals surface area contributed by atoms with E-state index in [1.165, 1.54) is 0 Å². The molecule has 0 spiro atoms. The lowest BCUT2D eigenvalue weighted by atomic mass is 10.1. The summed E-state index contributed by atoms with van der Waals surface area (Å²) in [5.41, 5.74) is 1.62. The Morgan fingerprint density at radius 1 is 1.16 bits per heavy atom. The van der Waals surface area contributed by atoms with Crippen molar-refractivity contribution in [2.24, 2.45) is 0 Å². The average molecular weight is 253 g/mol. The predicted molar refractivity (Wildman–Crippen MR) is 69.2 cm³/mol. The van der Waals surface area contributed by atoms with Crippen LogP contribution in [0.4, 0.5) is 0 Å². The highest BCUT2D eigenvalue weighted by Gasteiger charge is 2.17. The SMILES string of the molecule is O=C(O)c1nc(Cc2ccccc2)n2ncccc12. The molecule has 0 unspecified atom stereocenters. The summed E-state index contributed by atoms with van der Waals surface area (Å²) in [6, 6.07) is 13.2. The van der Waals surface area contributed by atoms with Crippen LogP contribution in [-0.2, 0) is 6.42 Å². The Hall–Kier alpha value is -2.69. The van der Waals surface area contributed by atoms with Crippen molar-refractivity contribution in [1.29, 1.82) is 0 Å². The van der Waals surface area contributed by atoms with E-state index in [1.54, 1.807) is 22.8 Å². The number of aromatic nitrogens is 3. The number of nitrogens with zero attached hydrogens (tertiary/aromatic N) is 3. The zero-order valence-corrected chi connectivity index (χ0v) is 10.0. The fourth-order valence-corrected chi connectivity index (χ4v) is 2.04. The van der Waals surface area contributed by atoms with Crippen molar-refractivity contribution in [1.82, 2.24) is 14.6 Å². The van der Waals surface area contributed by atoms with Gasteiger partial charge in [0.05, 0.1) is 5.52 Å².